The van der Waals surface area contributed by atoms with E-state index in [-0.39, 0.29) is 24.8 Å². The van der Waals surface area contributed by atoms with Crippen molar-refractivity contribution in [1.29, 1.82) is 0 Å². The third-order valence-electron chi connectivity index (χ3n) is 4.09. The zero-order chi connectivity index (χ0) is 20.1. The molecular formula is C20H22N4O4. The molecule has 8 heteroatoms. The molecule has 0 aliphatic carbocycles. The number of aryl methyl sites for hydroxylation is 1. The molecule has 0 saturated carbocycles. The number of rotatable bonds is 7. The minimum atomic E-state index is -0.721. The average Bonchev–Trinajstić information content (AvgIpc) is 3.07. The van der Waals surface area contributed by atoms with Crippen molar-refractivity contribution in [2.45, 2.75) is 32.9 Å². The summed E-state index contributed by atoms with van der Waals surface area (Å²) in [5.74, 6) is 0.791. The second kappa shape index (κ2) is 8.18. The number of nitrogens with zero attached hydrogens (tertiary/aromatic N) is 3. The Morgan fingerprint density at radius 2 is 2.07 bits per heavy atom. The van der Waals surface area contributed by atoms with E-state index in [9.17, 15) is 9.90 Å². The summed E-state index contributed by atoms with van der Waals surface area (Å²) >= 11 is 0. The first kappa shape index (κ1) is 19.5. The molecule has 0 aromatic carbocycles. The Morgan fingerprint density at radius 1 is 1.25 bits per heavy atom. The summed E-state index contributed by atoms with van der Waals surface area (Å²) in [5.41, 5.74) is 1.65. The molecule has 8 nitrogen and oxygen atoms in total. The van der Waals surface area contributed by atoms with Gasteiger partial charge in [0.1, 0.15) is 29.5 Å². The average molecular weight is 382 g/mol. The normalized spacial score (nSPS) is 11.3. The maximum atomic E-state index is 12.2. The Hall–Kier alpha value is -3.26. The zero-order valence-electron chi connectivity index (χ0n) is 16.0. The molecule has 3 heterocycles. The molecule has 0 unspecified atom stereocenters. The van der Waals surface area contributed by atoms with E-state index >= 15 is 0 Å². The van der Waals surface area contributed by atoms with E-state index in [2.05, 4.69) is 20.4 Å². The van der Waals surface area contributed by atoms with Crippen molar-refractivity contribution in [2.24, 2.45) is 0 Å². The van der Waals surface area contributed by atoms with Crippen LogP contribution in [0.3, 0.4) is 0 Å². The van der Waals surface area contributed by atoms with Crippen LogP contribution in [0.1, 0.15) is 35.7 Å². The molecule has 0 radical (unpaired) electrons. The minimum Gasteiger partial charge on any atom is -0.487 e. The SMILES string of the molecule is Cc1onc(-c2ccccn2)c1COc1ccc(C(=O)NC(C)(C)CO)nc1. The molecule has 1 amide bonds. The van der Waals surface area contributed by atoms with E-state index in [0.29, 0.717) is 22.9 Å². The van der Waals surface area contributed by atoms with E-state index < -0.39 is 5.54 Å². The summed E-state index contributed by atoms with van der Waals surface area (Å²) in [7, 11) is 0. The standard InChI is InChI=1S/C20H22N4O4/c1-13-15(18(24-28-13)16-6-4-5-9-21-16)11-27-14-7-8-17(22-10-14)19(26)23-20(2,3)12-25/h4-10,25H,11-12H2,1-3H3,(H,23,26). The van der Waals surface area contributed by atoms with E-state index in [0.717, 1.165) is 5.56 Å². The first-order chi connectivity index (χ1) is 13.4. The van der Waals surface area contributed by atoms with Gasteiger partial charge in [-0.2, -0.15) is 0 Å². The van der Waals surface area contributed by atoms with Gasteiger partial charge in [-0.15, -0.1) is 0 Å². The number of pyridine rings is 2. The number of carbonyl (C=O) groups is 1. The summed E-state index contributed by atoms with van der Waals surface area (Å²) in [5, 5.41) is 16.0. The summed E-state index contributed by atoms with van der Waals surface area (Å²) in [6, 6.07) is 8.79. The van der Waals surface area contributed by atoms with Gasteiger partial charge in [0.25, 0.3) is 5.91 Å². The van der Waals surface area contributed by atoms with Crippen molar-refractivity contribution in [1.82, 2.24) is 20.4 Å². The Morgan fingerprint density at radius 3 is 2.71 bits per heavy atom. The molecule has 0 atom stereocenters. The highest BCUT2D eigenvalue weighted by Crippen LogP contribution is 2.25. The fraction of sp³-hybridized carbons (Fsp3) is 0.300. The van der Waals surface area contributed by atoms with Crippen LogP contribution in [0.25, 0.3) is 11.4 Å². The van der Waals surface area contributed by atoms with Gasteiger partial charge in [-0.3, -0.25) is 9.78 Å². The number of ether oxygens (including phenoxy) is 1. The van der Waals surface area contributed by atoms with Gasteiger partial charge >= 0.3 is 0 Å². The van der Waals surface area contributed by atoms with Crippen molar-refractivity contribution < 1.29 is 19.2 Å². The molecule has 3 aromatic heterocycles. The maximum Gasteiger partial charge on any atom is 0.270 e. The number of aromatic nitrogens is 3. The maximum absolute atomic E-state index is 12.2. The number of carbonyl (C=O) groups excluding carboxylic acids is 1. The number of aliphatic hydroxyl groups excluding tert-OH is 1. The number of nitrogens with one attached hydrogen (secondary N) is 1. The van der Waals surface area contributed by atoms with Crippen molar-refractivity contribution in [3.05, 3.63) is 59.7 Å². The van der Waals surface area contributed by atoms with Crippen molar-refractivity contribution in [2.75, 3.05) is 6.61 Å². The van der Waals surface area contributed by atoms with E-state index in [4.69, 9.17) is 9.26 Å². The summed E-state index contributed by atoms with van der Waals surface area (Å²) in [4.78, 5) is 20.6. The molecule has 146 valence electrons. The molecule has 0 spiro atoms. The molecule has 3 rings (SSSR count). The largest absolute Gasteiger partial charge is 0.487 e. The lowest BCUT2D eigenvalue weighted by atomic mass is 10.1. The molecule has 2 N–H and O–H groups in total. The highest BCUT2D eigenvalue weighted by Gasteiger charge is 2.21. The monoisotopic (exact) mass is 382 g/mol. The van der Waals surface area contributed by atoms with Gasteiger partial charge < -0.3 is 19.7 Å². The smallest absolute Gasteiger partial charge is 0.270 e. The number of hydrogen-bond donors (Lipinski definition) is 2. The number of hydrogen-bond acceptors (Lipinski definition) is 7. The van der Waals surface area contributed by atoms with E-state index in [1.54, 1.807) is 32.2 Å². The van der Waals surface area contributed by atoms with Crippen LogP contribution in [0.4, 0.5) is 0 Å². The Balaban J connectivity index is 1.68. The summed E-state index contributed by atoms with van der Waals surface area (Å²) in [6.45, 7) is 5.32. The number of aliphatic hydroxyl groups is 1. The second-order valence-corrected chi connectivity index (χ2v) is 6.94. The lowest BCUT2D eigenvalue weighted by molar-refractivity contribution is 0.0864. The van der Waals surface area contributed by atoms with E-state index in [1.165, 1.54) is 6.20 Å². The van der Waals surface area contributed by atoms with Crippen LogP contribution in [0.5, 0.6) is 5.75 Å². The molecule has 0 fully saturated rings. The highest BCUT2D eigenvalue weighted by atomic mass is 16.5. The van der Waals surface area contributed by atoms with E-state index in [1.807, 2.05) is 25.1 Å². The van der Waals surface area contributed by atoms with Gasteiger partial charge in [-0.1, -0.05) is 11.2 Å². The van der Waals surface area contributed by atoms with Gasteiger partial charge in [0.05, 0.1) is 29.6 Å². The Kier molecular flexibility index (Phi) is 5.70. The van der Waals surface area contributed by atoms with Crippen molar-refractivity contribution in [3.63, 3.8) is 0 Å². The van der Waals surface area contributed by atoms with Crippen LogP contribution in [-0.4, -0.2) is 38.3 Å². The Bertz CT molecular complexity index is 937. The van der Waals surface area contributed by atoms with Crippen LogP contribution < -0.4 is 10.1 Å². The summed E-state index contributed by atoms with van der Waals surface area (Å²) < 4.78 is 11.1. The van der Waals surface area contributed by atoms with Gasteiger partial charge in [0.2, 0.25) is 0 Å². The van der Waals surface area contributed by atoms with Crippen molar-refractivity contribution >= 4 is 5.91 Å². The number of amides is 1. The molecule has 3 aromatic rings. The Labute approximate surface area is 162 Å². The topological polar surface area (TPSA) is 110 Å². The van der Waals surface area contributed by atoms with Gasteiger partial charge in [-0.25, -0.2) is 4.98 Å². The van der Waals surface area contributed by atoms with Crippen molar-refractivity contribution in [3.8, 4) is 17.1 Å². The summed E-state index contributed by atoms with van der Waals surface area (Å²) in [6.07, 6.45) is 3.17. The lowest BCUT2D eigenvalue weighted by Crippen LogP contribution is -2.46. The van der Waals surface area contributed by atoms with Gasteiger partial charge in [-0.05, 0) is 45.0 Å². The highest BCUT2D eigenvalue weighted by molar-refractivity contribution is 5.92. The molecule has 28 heavy (non-hydrogen) atoms. The first-order valence-electron chi connectivity index (χ1n) is 8.78. The third kappa shape index (κ3) is 4.52. The predicted molar refractivity (Wildman–Crippen MR) is 102 cm³/mol. The lowest BCUT2D eigenvalue weighted by Gasteiger charge is -2.23. The molecule has 0 aliphatic rings. The van der Waals surface area contributed by atoms with Crippen LogP contribution in [0, 0.1) is 6.92 Å². The first-order valence-corrected chi connectivity index (χ1v) is 8.78. The van der Waals surface area contributed by atoms with Crippen LogP contribution in [0.2, 0.25) is 0 Å². The van der Waals surface area contributed by atoms with Crippen LogP contribution >= 0.6 is 0 Å². The molecular weight excluding hydrogens is 360 g/mol. The fourth-order valence-electron chi connectivity index (χ4n) is 2.43. The van der Waals surface area contributed by atoms with Crippen LogP contribution in [0.15, 0.2) is 47.2 Å². The molecule has 0 saturated heterocycles. The van der Waals surface area contributed by atoms with Gasteiger partial charge in [0.15, 0.2) is 0 Å². The zero-order valence-corrected chi connectivity index (χ0v) is 16.0. The quantitative estimate of drug-likeness (QED) is 0.646. The fourth-order valence-corrected chi connectivity index (χ4v) is 2.43. The van der Waals surface area contributed by atoms with Crippen LogP contribution in [-0.2, 0) is 6.61 Å². The second-order valence-electron chi connectivity index (χ2n) is 6.94. The molecule has 0 bridgehead atoms. The third-order valence-corrected chi connectivity index (χ3v) is 4.09. The predicted octanol–water partition coefficient (Wildman–Crippen LogP) is 2.52. The minimum absolute atomic E-state index is 0.170. The van der Waals surface area contributed by atoms with Gasteiger partial charge in [0, 0.05) is 6.20 Å². The molecule has 0 aliphatic heterocycles.